The van der Waals surface area contributed by atoms with Crippen molar-refractivity contribution in [3.63, 3.8) is 0 Å². The molecule has 0 heterocycles. The van der Waals surface area contributed by atoms with Crippen molar-refractivity contribution < 1.29 is 26.5 Å². The van der Waals surface area contributed by atoms with Crippen LogP contribution in [0.15, 0.2) is 17.0 Å². The van der Waals surface area contributed by atoms with Gasteiger partial charge in [-0.3, -0.25) is 10.1 Å². The number of hydrogen-bond acceptors (Lipinski definition) is 5. The minimum absolute atomic E-state index is 0.396. The second kappa shape index (κ2) is 4.67. The van der Waals surface area contributed by atoms with Gasteiger partial charge in [0.25, 0.3) is 14.7 Å². The number of nitro groups is 1. The molecule has 1 rings (SSSR count). The Balaban J connectivity index is 4.01. The first-order valence-electron chi connectivity index (χ1n) is 4.23. The second-order valence-corrected chi connectivity index (χ2v) is 5.64. The Morgan fingerprint density at radius 3 is 2.21 bits per heavy atom. The van der Waals surface area contributed by atoms with E-state index in [0.717, 1.165) is 0 Å². The number of nitro benzene ring substituents is 1. The van der Waals surface area contributed by atoms with E-state index in [1.807, 2.05) is 0 Å². The Kier molecular flexibility index (Phi) is 3.74. The number of hydrogen-bond donors (Lipinski definition) is 0. The van der Waals surface area contributed by atoms with Crippen molar-refractivity contribution in [1.29, 1.82) is 5.26 Å². The molecule has 0 bridgehead atoms. The van der Waals surface area contributed by atoms with E-state index in [2.05, 4.69) is 0 Å². The lowest BCUT2D eigenvalue weighted by molar-refractivity contribution is -0.388. The normalized spacial score (nSPS) is 11.9. The minimum Gasteiger partial charge on any atom is -0.258 e. The van der Waals surface area contributed by atoms with Gasteiger partial charge >= 0.3 is 6.18 Å². The molecular formula is C8H2ClF3N2O4S. The Morgan fingerprint density at radius 1 is 1.37 bits per heavy atom. The van der Waals surface area contributed by atoms with Gasteiger partial charge in [0.2, 0.25) is 0 Å². The molecule has 0 unspecified atom stereocenters. The molecule has 0 amide bonds. The third kappa shape index (κ3) is 2.94. The third-order valence-electron chi connectivity index (χ3n) is 1.98. The molecule has 11 heteroatoms. The van der Waals surface area contributed by atoms with E-state index in [0.29, 0.717) is 12.1 Å². The predicted molar refractivity (Wildman–Crippen MR) is 55.9 cm³/mol. The van der Waals surface area contributed by atoms with E-state index < -0.39 is 41.9 Å². The lowest BCUT2D eigenvalue weighted by Gasteiger charge is -2.12. The highest BCUT2D eigenvalue weighted by Gasteiger charge is 2.45. The smallest absolute Gasteiger partial charge is 0.258 e. The maximum atomic E-state index is 12.8. The van der Waals surface area contributed by atoms with Crippen LogP contribution in [0.2, 0.25) is 0 Å². The Labute approximate surface area is 108 Å². The van der Waals surface area contributed by atoms with E-state index in [1.54, 1.807) is 0 Å². The SMILES string of the molecule is N#Cc1ccc([N+](=O)[O-])c(C(F)(F)F)c1S(=O)(=O)Cl. The fourth-order valence-electron chi connectivity index (χ4n) is 1.34. The average Bonchev–Trinajstić information content (AvgIpc) is 2.24. The molecule has 0 saturated carbocycles. The van der Waals surface area contributed by atoms with Crippen LogP contribution >= 0.6 is 10.7 Å². The quantitative estimate of drug-likeness (QED) is 0.474. The highest BCUT2D eigenvalue weighted by atomic mass is 35.7. The summed E-state index contributed by atoms with van der Waals surface area (Å²) < 4.78 is 60.6. The lowest BCUT2D eigenvalue weighted by Crippen LogP contribution is -2.15. The summed E-state index contributed by atoms with van der Waals surface area (Å²) >= 11 is 0. The van der Waals surface area contributed by atoms with Crippen LogP contribution in [-0.2, 0) is 15.2 Å². The number of benzene rings is 1. The van der Waals surface area contributed by atoms with Crippen molar-refractivity contribution in [2.75, 3.05) is 0 Å². The van der Waals surface area contributed by atoms with Gasteiger partial charge in [0.1, 0.15) is 11.0 Å². The molecule has 0 aliphatic rings. The van der Waals surface area contributed by atoms with E-state index >= 15 is 0 Å². The fourth-order valence-corrected chi connectivity index (χ4v) is 2.66. The number of nitrogens with zero attached hydrogens (tertiary/aromatic N) is 2. The van der Waals surface area contributed by atoms with Crippen LogP contribution in [0, 0.1) is 21.4 Å². The molecule has 19 heavy (non-hydrogen) atoms. The molecule has 0 saturated heterocycles. The molecule has 0 fully saturated rings. The number of halogens is 4. The van der Waals surface area contributed by atoms with Crippen molar-refractivity contribution in [2.24, 2.45) is 0 Å². The fraction of sp³-hybridized carbons (Fsp3) is 0.125. The maximum absolute atomic E-state index is 12.8. The zero-order valence-electron chi connectivity index (χ0n) is 8.60. The zero-order valence-corrected chi connectivity index (χ0v) is 10.2. The van der Waals surface area contributed by atoms with Gasteiger partial charge in [-0.1, -0.05) is 0 Å². The summed E-state index contributed by atoms with van der Waals surface area (Å²) in [6.07, 6.45) is -5.35. The van der Waals surface area contributed by atoms with Gasteiger partial charge in [-0.15, -0.1) is 0 Å². The van der Waals surface area contributed by atoms with E-state index in [1.165, 1.54) is 6.07 Å². The summed E-state index contributed by atoms with van der Waals surface area (Å²) in [6.45, 7) is 0. The van der Waals surface area contributed by atoms with Crippen LogP contribution in [0.4, 0.5) is 18.9 Å². The molecule has 0 radical (unpaired) electrons. The summed E-state index contributed by atoms with van der Waals surface area (Å²) in [4.78, 5) is 7.51. The molecule has 1 aromatic carbocycles. The van der Waals surface area contributed by atoms with Crippen molar-refractivity contribution in [3.8, 4) is 6.07 Å². The molecule has 6 nitrogen and oxygen atoms in total. The van der Waals surface area contributed by atoms with Crippen LogP contribution in [0.1, 0.15) is 11.1 Å². The first kappa shape index (κ1) is 15.2. The summed E-state index contributed by atoms with van der Waals surface area (Å²) in [5.41, 5.74) is -4.48. The van der Waals surface area contributed by atoms with Crippen molar-refractivity contribution in [1.82, 2.24) is 0 Å². The average molecular weight is 315 g/mol. The first-order chi connectivity index (χ1) is 8.50. The van der Waals surface area contributed by atoms with E-state index in [4.69, 9.17) is 15.9 Å². The highest BCUT2D eigenvalue weighted by molar-refractivity contribution is 8.13. The summed E-state index contributed by atoms with van der Waals surface area (Å²) in [5.74, 6) is 0. The monoisotopic (exact) mass is 314 g/mol. The molecule has 102 valence electrons. The molecule has 1 aromatic rings. The van der Waals surface area contributed by atoms with Crippen LogP contribution in [0.5, 0.6) is 0 Å². The highest BCUT2D eigenvalue weighted by Crippen LogP contribution is 2.42. The number of rotatable bonds is 2. The van der Waals surface area contributed by atoms with Crippen LogP contribution in [0.25, 0.3) is 0 Å². The molecule has 0 N–H and O–H groups in total. The first-order valence-corrected chi connectivity index (χ1v) is 6.54. The van der Waals surface area contributed by atoms with Gasteiger partial charge in [-0.25, -0.2) is 8.42 Å². The molecule has 0 aliphatic carbocycles. The Hall–Kier alpha value is -1.86. The Bertz CT molecular complexity index is 693. The van der Waals surface area contributed by atoms with Gasteiger partial charge in [-0.2, -0.15) is 18.4 Å². The second-order valence-electron chi connectivity index (χ2n) is 3.14. The van der Waals surface area contributed by atoms with Gasteiger partial charge in [-0.05, 0) is 6.07 Å². The van der Waals surface area contributed by atoms with Gasteiger partial charge < -0.3 is 0 Å². The van der Waals surface area contributed by atoms with Crippen molar-refractivity contribution >= 4 is 25.4 Å². The van der Waals surface area contributed by atoms with Crippen molar-refractivity contribution in [3.05, 3.63) is 33.4 Å². The summed E-state index contributed by atoms with van der Waals surface area (Å²) in [5, 5.41) is 19.1. The van der Waals surface area contributed by atoms with Crippen LogP contribution in [0.3, 0.4) is 0 Å². The van der Waals surface area contributed by atoms with Crippen LogP contribution in [-0.4, -0.2) is 13.3 Å². The zero-order chi connectivity index (χ0) is 15.0. The van der Waals surface area contributed by atoms with Gasteiger partial charge in [0.15, 0.2) is 5.56 Å². The number of nitriles is 1. The van der Waals surface area contributed by atoms with Gasteiger partial charge in [0, 0.05) is 16.7 Å². The minimum atomic E-state index is -5.35. The van der Waals surface area contributed by atoms with E-state index in [9.17, 15) is 31.7 Å². The largest absolute Gasteiger partial charge is 0.424 e. The Morgan fingerprint density at radius 2 is 1.89 bits per heavy atom. The third-order valence-corrected chi connectivity index (χ3v) is 3.35. The molecule has 0 atom stereocenters. The standard InChI is InChI=1S/C8H2ClF3N2O4S/c9-19(17,18)7-4(3-13)1-2-5(14(15)16)6(7)8(10,11)12/h1-2H. The summed E-state index contributed by atoms with van der Waals surface area (Å²) in [7, 11) is -0.161. The lowest BCUT2D eigenvalue weighted by atomic mass is 10.1. The molecule has 0 aliphatic heterocycles. The van der Waals surface area contributed by atoms with Crippen molar-refractivity contribution in [2.45, 2.75) is 11.1 Å². The van der Waals surface area contributed by atoms with E-state index in [-0.39, 0.29) is 0 Å². The molecule has 0 aromatic heterocycles. The molecular weight excluding hydrogens is 313 g/mol. The topological polar surface area (TPSA) is 101 Å². The number of alkyl halides is 3. The summed E-state index contributed by atoms with van der Waals surface area (Å²) in [6, 6.07) is 2.18. The van der Waals surface area contributed by atoms with Crippen LogP contribution < -0.4 is 0 Å². The molecule has 0 spiro atoms. The van der Waals surface area contributed by atoms with Gasteiger partial charge in [0.05, 0.1) is 10.5 Å². The maximum Gasteiger partial charge on any atom is 0.424 e. The predicted octanol–water partition coefficient (Wildman–Crippen LogP) is 2.41.